The van der Waals surface area contributed by atoms with Crippen molar-refractivity contribution in [1.29, 1.82) is 0 Å². The lowest BCUT2D eigenvalue weighted by Crippen LogP contribution is -2.48. The van der Waals surface area contributed by atoms with Gasteiger partial charge in [-0.15, -0.1) is 12.4 Å². The van der Waals surface area contributed by atoms with E-state index in [2.05, 4.69) is 5.32 Å². The average molecular weight is 421 g/mol. The SMILES string of the molecule is COc1ccc(S(=O)(=O)N2CCNCC2c2cccc(Cl)c2)cc1F.Cl. The number of hydrogen-bond donors (Lipinski definition) is 1. The maximum atomic E-state index is 14.0. The third-order valence-electron chi connectivity index (χ3n) is 4.16. The Morgan fingerprint density at radius 3 is 2.69 bits per heavy atom. The predicted octanol–water partition coefficient (Wildman–Crippen LogP) is 3.24. The molecule has 0 saturated carbocycles. The van der Waals surface area contributed by atoms with E-state index in [1.165, 1.54) is 23.5 Å². The molecule has 1 aliphatic heterocycles. The molecule has 9 heteroatoms. The monoisotopic (exact) mass is 420 g/mol. The summed E-state index contributed by atoms with van der Waals surface area (Å²) in [5, 5.41) is 3.73. The Balaban J connectivity index is 0.00000243. The van der Waals surface area contributed by atoms with Crippen LogP contribution in [0.2, 0.25) is 5.02 Å². The highest BCUT2D eigenvalue weighted by atomic mass is 35.5. The lowest BCUT2D eigenvalue weighted by Gasteiger charge is -2.35. The number of hydrogen-bond acceptors (Lipinski definition) is 4. The van der Waals surface area contributed by atoms with Crippen LogP contribution in [0.1, 0.15) is 11.6 Å². The first-order chi connectivity index (χ1) is 11.9. The summed E-state index contributed by atoms with van der Waals surface area (Å²) in [6.07, 6.45) is 0. The molecule has 2 aromatic rings. The summed E-state index contributed by atoms with van der Waals surface area (Å²) < 4.78 is 46.4. The van der Waals surface area contributed by atoms with E-state index >= 15 is 0 Å². The maximum Gasteiger partial charge on any atom is 0.243 e. The molecule has 0 spiro atoms. The zero-order valence-electron chi connectivity index (χ0n) is 14.0. The standard InChI is InChI=1S/C17H18ClFN2O3S.ClH/c1-24-17-6-5-14(10-15(17)19)25(22,23)21-8-7-20-11-16(21)12-3-2-4-13(18)9-12;/h2-6,9-10,16,20H,7-8,11H2,1H3;1H. The van der Waals surface area contributed by atoms with Gasteiger partial charge in [-0.1, -0.05) is 23.7 Å². The minimum absolute atomic E-state index is 0. The Hall–Kier alpha value is -1.38. The smallest absolute Gasteiger partial charge is 0.243 e. The molecular weight excluding hydrogens is 402 g/mol. The topological polar surface area (TPSA) is 58.6 Å². The molecule has 0 bridgehead atoms. The molecule has 1 fully saturated rings. The molecule has 1 N–H and O–H groups in total. The Morgan fingerprint density at radius 1 is 1.27 bits per heavy atom. The van der Waals surface area contributed by atoms with Gasteiger partial charge in [-0.25, -0.2) is 12.8 Å². The molecule has 5 nitrogen and oxygen atoms in total. The van der Waals surface area contributed by atoms with E-state index < -0.39 is 21.9 Å². The summed E-state index contributed by atoms with van der Waals surface area (Å²) in [5.41, 5.74) is 0.789. The van der Waals surface area contributed by atoms with Crippen molar-refractivity contribution in [3.05, 3.63) is 58.9 Å². The van der Waals surface area contributed by atoms with Crippen molar-refractivity contribution in [2.45, 2.75) is 10.9 Å². The number of nitrogens with zero attached hydrogens (tertiary/aromatic N) is 1. The number of methoxy groups -OCH3 is 1. The molecule has 3 rings (SSSR count). The van der Waals surface area contributed by atoms with Gasteiger partial charge in [0, 0.05) is 24.7 Å². The number of piperazine rings is 1. The third kappa shape index (κ3) is 4.13. The summed E-state index contributed by atoms with van der Waals surface area (Å²) in [6.45, 7) is 1.26. The van der Waals surface area contributed by atoms with E-state index in [1.807, 2.05) is 6.07 Å². The first-order valence-electron chi connectivity index (χ1n) is 7.75. The Bertz CT molecular complexity index is 880. The van der Waals surface area contributed by atoms with Crippen LogP contribution >= 0.6 is 24.0 Å². The average Bonchev–Trinajstić information content (AvgIpc) is 2.61. The summed E-state index contributed by atoms with van der Waals surface area (Å²) in [6, 6.07) is 10.3. The van der Waals surface area contributed by atoms with Crippen molar-refractivity contribution in [1.82, 2.24) is 9.62 Å². The molecule has 26 heavy (non-hydrogen) atoms. The zero-order valence-corrected chi connectivity index (χ0v) is 16.4. The molecule has 0 aliphatic carbocycles. The molecule has 1 saturated heterocycles. The number of rotatable bonds is 4. The third-order valence-corrected chi connectivity index (χ3v) is 6.30. The van der Waals surface area contributed by atoms with E-state index in [1.54, 1.807) is 18.2 Å². The van der Waals surface area contributed by atoms with E-state index in [0.717, 1.165) is 11.6 Å². The molecule has 1 atom stereocenters. The van der Waals surface area contributed by atoms with Crippen LogP contribution in [-0.4, -0.2) is 39.5 Å². The fraction of sp³-hybridized carbons (Fsp3) is 0.294. The normalized spacial score (nSPS) is 18.2. The summed E-state index contributed by atoms with van der Waals surface area (Å²) in [7, 11) is -2.53. The van der Waals surface area contributed by atoms with E-state index in [9.17, 15) is 12.8 Å². The van der Waals surface area contributed by atoms with Crippen LogP contribution < -0.4 is 10.1 Å². The molecule has 0 aromatic heterocycles. The van der Waals surface area contributed by atoms with Crippen molar-refractivity contribution in [3.63, 3.8) is 0 Å². The molecule has 2 aromatic carbocycles. The fourth-order valence-electron chi connectivity index (χ4n) is 2.91. The van der Waals surface area contributed by atoms with Crippen LogP contribution in [0.15, 0.2) is 47.4 Å². The minimum Gasteiger partial charge on any atom is -0.494 e. The zero-order chi connectivity index (χ0) is 18.0. The summed E-state index contributed by atoms with van der Waals surface area (Å²) in [4.78, 5) is -0.0975. The van der Waals surface area contributed by atoms with Gasteiger partial charge in [0.05, 0.1) is 18.0 Å². The van der Waals surface area contributed by atoms with Crippen molar-refractivity contribution in [2.75, 3.05) is 26.7 Å². The van der Waals surface area contributed by atoms with Crippen LogP contribution in [0.4, 0.5) is 4.39 Å². The summed E-state index contributed by atoms with van der Waals surface area (Å²) in [5.74, 6) is -0.705. The van der Waals surface area contributed by atoms with Crippen molar-refractivity contribution in [2.24, 2.45) is 0 Å². The van der Waals surface area contributed by atoms with Crippen LogP contribution in [0.25, 0.3) is 0 Å². The van der Waals surface area contributed by atoms with Crippen molar-refractivity contribution >= 4 is 34.0 Å². The molecule has 1 unspecified atom stereocenters. The van der Waals surface area contributed by atoms with Crippen LogP contribution in [-0.2, 0) is 10.0 Å². The van der Waals surface area contributed by atoms with E-state index in [0.29, 0.717) is 18.1 Å². The van der Waals surface area contributed by atoms with Gasteiger partial charge in [-0.05, 0) is 35.9 Å². The molecule has 1 aliphatic rings. The van der Waals surface area contributed by atoms with Crippen molar-refractivity contribution < 1.29 is 17.5 Å². The lowest BCUT2D eigenvalue weighted by molar-refractivity contribution is 0.271. The predicted molar refractivity (Wildman–Crippen MR) is 101 cm³/mol. The Kier molecular flexibility index (Phi) is 6.87. The second kappa shape index (κ2) is 8.54. The van der Waals surface area contributed by atoms with Gasteiger partial charge in [0.15, 0.2) is 11.6 Å². The highest BCUT2D eigenvalue weighted by molar-refractivity contribution is 7.89. The molecule has 142 valence electrons. The van der Waals surface area contributed by atoms with Gasteiger partial charge in [-0.2, -0.15) is 4.31 Å². The van der Waals surface area contributed by atoms with Gasteiger partial charge in [0.25, 0.3) is 0 Å². The number of benzene rings is 2. The van der Waals surface area contributed by atoms with E-state index in [4.69, 9.17) is 16.3 Å². The van der Waals surface area contributed by atoms with Gasteiger partial charge in [0.1, 0.15) is 0 Å². The van der Waals surface area contributed by atoms with E-state index in [-0.39, 0.29) is 29.6 Å². The van der Waals surface area contributed by atoms with Crippen LogP contribution in [0.5, 0.6) is 5.75 Å². The minimum atomic E-state index is -3.86. The highest BCUT2D eigenvalue weighted by Crippen LogP contribution is 2.31. The molecule has 0 radical (unpaired) electrons. The van der Waals surface area contributed by atoms with Gasteiger partial charge >= 0.3 is 0 Å². The first kappa shape index (κ1) is 20.9. The van der Waals surface area contributed by atoms with Crippen LogP contribution in [0.3, 0.4) is 0 Å². The number of ether oxygens (including phenoxy) is 1. The number of nitrogens with one attached hydrogen (secondary N) is 1. The number of sulfonamides is 1. The van der Waals surface area contributed by atoms with Gasteiger partial charge in [-0.3, -0.25) is 0 Å². The quantitative estimate of drug-likeness (QED) is 0.824. The largest absolute Gasteiger partial charge is 0.494 e. The Morgan fingerprint density at radius 2 is 2.04 bits per heavy atom. The fourth-order valence-corrected chi connectivity index (χ4v) is 4.74. The van der Waals surface area contributed by atoms with Gasteiger partial charge < -0.3 is 10.1 Å². The Labute approximate surface area is 163 Å². The van der Waals surface area contributed by atoms with Crippen LogP contribution in [0, 0.1) is 5.82 Å². The second-order valence-corrected chi connectivity index (χ2v) is 8.01. The first-order valence-corrected chi connectivity index (χ1v) is 9.57. The van der Waals surface area contributed by atoms with Gasteiger partial charge in [0.2, 0.25) is 10.0 Å². The molecule has 0 amide bonds. The summed E-state index contributed by atoms with van der Waals surface area (Å²) >= 11 is 6.05. The second-order valence-electron chi connectivity index (χ2n) is 5.69. The lowest BCUT2D eigenvalue weighted by atomic mass is 10.1. The number of halogens is 3. The molecule has 1 heterocycles. The maximum absolute atomic E-state index is 14.0. The molecular formula is C17H19Cl2FN2O3S. The highest BCUT2D eigenvalue weighted by Gasteiger charge is 2.34. The van der Waals surface area contributed by atoms with Crippen molar-refractivity contribution in [3.8, 4) is 5.75 Å².